The number of anilines is 1. The minimum atomic E-state index is -1.12. The summed E-state index contributed by atoms with van der Waals surface area (Å²) in [5.74, 6) is -3.99. The first-order valence-corrected chi connectivity index (χ1v) is 13.8. The van der Waals surface area contributed by atoms with Crippen LogP contribution in [0, 0.1) is 31.6 Å². The Morgan fingerprint density at radius 2 is 1.25 bits per heavy atom. The Labute approximate surface area is 233 Å². The predicted molar refractivity (Wildman–Crippen MR) is 150 cm³/mol. The molecule has 3 aliphatic carbocycles. The number of esters is 1. The molecule has 0 unspecified atom stereocenters. The van der Waals surface area contributed by atoms with Crippen LogP contribution < -0.4 is 5.32 Å². The molecule has 3 aromatic carbocycles. The first-order valence-electron chi connectivity index (χ1n) is 13.8. The molecule has 7 nitrogen and oxygen atoms in total. The van der Waals surface area contributed by atoms with Gasteiger partial charge >= 0.3 is 5.97 Å². The van der Waals surface area contributed by atoms with Crippen LogP contribution in [-0.4, -0.2) is 41.2 Å². The van der Waals surface area contributed by atoms with Crippen LogP contribution in [0.3, 0.4) is 0 Å². The van der Waals surface area contributed by atoms with Gasteiger partial charge in [0.15, 0.2) is 6.61 Å². The first-order chi connectivity index (χ1) is 19.2. The van der Waals surface area contributed by atoms with Gasteiger partial charge < -0.3 is 10.1 Å². The Balaban J connectivity index is 1.26. The van der Waals surface area contributed by atoms with Crippen molar-refractivity contribution in [1.82, 2.24) is 4.90 Å². The van der Waals surface area contributed by atoms with Crippen LogP contribution in [0.4, 0.5) is 5.69 Å². The largest absolute Gasteiger partial charge is 0.454 e. The Morgan fingerprint density at radius 3 is 1.68 bits per heavy atom. The van der Waals surface area contributed by atoms with E-state index in [0.29, 0.717) is 5.69 Å². The highest BCUT2D eigenvalue weighted by atomic mass is 16.5. The third-order valence-corrected chi connectivity index (χ3v) is 8.48. The highest BCUT2D eigenvalue weighted by Gasteiger charge is 2.63. The summed E-state index contributed by atoms with van der Waals surface area (Å²) in [6, 6.07) is 20.6. The molecule has 2 bridgehead atoms. The molecule has 1 saturated heterocycles. The van der Waals surface area contributed by atoms with Crippen molar-refractivity contribution < 1.29 is 23.9 Å². The molecule has 3 amide bonds. The Hall–Kier alpha value is -4.26. The second kappa shape index (κ2) is 9.73. The zero-order chi connectivity index (χ0) is 28.3. The number of hydrogen-bond acceptors (Lipinski definition) is 5. The number of amides is 3. The van der Waals surface area contributed by atoms with Crippen molar-refractivity contribution >= 4 is 29.4 Å². The lowest BCUT2D eigenvalue weighted by Gasteiger charge is -2.45. The van der Waals surface area contributed by atoms with Gasteiger partial charge in [-0.15, -0.1) is 0 Å². The van der Waals surface area contributed by atoms with Crippen molar-refractivity contribution in [1.29, 1.82) is 0 Å². The van der Waals surface area contributed by atoms with Crippen LogP contribution in [0.15, 0.2) is 66.7 Å². The number of carbonyl (C=O) groups is 4. The van der Waals surface area contributed by atoms with Crippen LogP contribution in [0.1, 0.15) is 59.1 Å². The maximum absolute atomic E-state index is 14.1. The van der Waals surface area contributed by atoms with Gasteiger partial charge in [-0.1, -0.05) is 68.4 Å². The highest BCUT2D eigenvalue weighted by Crippen LogP contribution is 2.61. The molecule has 7 heteroatoms. The second-order valence-electron chi connectivity index (χ2n) is 11.5. The fraction of sp³-hybridized carbons (Fsp3) is 0.333. The zero-order valence-electron chi connectivity index (χ0n) is 23.0. The van der Waals surface area contributed by atoms with E-state index in [9.17, 15) is 19.2 Å². The molecule has 1 N–H and O–H groups in total. The van der Waals surface area contributed by atoms with Gasteiger partial charge in [-0.2, -0.15) is 0 Å². The van der Waals surface area contributed by atoms with E-state index in [1.54, 1.807) is 13.8 Å². The molecule has 1 heterocycles. The number of nitrogens with zero attached hydrogens (tertiary/aromatic N) is 1. The summed E-state index contributed by atoms with van der Waals surface area (Å²) >= 11 is 0. The summed E-state index contributed by atoms with van der Waals surface area (Å²) in [5.41, 5.74) is 6.90. The zero-order valence-corrected chi connectivity index (χ0v) is 23.0. The molecule has 3 aromatic rings. The Kier molecular flexibility index (Phi) is 6.32. The molecule has 1 aliphatic heterocycles. The number of aryl methyl sites for hydroxylation is 2. The van der Waals surface area contributed by atoms with Gasteiger partial charge in [-0.25, -0.2) is 4.79 Å². The summed E-state index contributed by atoms with van der Waals surface area (Å²) in [6.07, 6.45) is 0. The van der Waals surface area contributed by atoms with Crippen molar-refractivity contribution in [3.05, 3.63) is 100 Å². The van der Waals surface area contributed by atoms with E-state index in [1.807, 2.05) is 80.6 Å². The Bertz CT molecular complexity index is 1420. The number of hydrogen-bond donors (Lipinski definition) is 1. The molecule has 204 valence electrons. The van der Waals surface area contributed by atoms with Gasteiger partial charge in [0.25, 0.3) is 5.91 Å². The van der Waals surface area contributed by atoms with Crippen molar-refractivity contribution in [2.24, 2.45) is 17.8 Å². The topological polar surface area (TPSA) is 92.8 Å². The van der Waals surface area contributed by atoms with E-state index in [0.717, 1.165) is 38.3 Å². The average molecular weight is 537 g/mol. The maximum atomic E-state index is 14.1. The van der Waals surface area contributed by atoms with Gasteiger partial charge in [-0.05, 0) is 65.3 Å². The lowest BCUT2D eigenvalue weighted by atomic mass is 9.55. The molecular weight excluding hydrogens is 504 g/mol. The normalized spacial score (nSPS) is 23.0. The number of benzene rings is 3. The summed E-state index contributed by atoms with van der Waals surface area (Å²) in [6.45, 7) is 6.91. The molecule has 1 fully saturated rings. The first kappa shape index (κ1) is 26.0. The quantitative estimate of drug-likeness (QED) is 0.364. The maximum Gasteiger partial charge on any atom is 0.330 e. The summed E-state index contributed by atoms with van der Waals surface area (Å²) in [7, 11) is 0. The van der Waals surface area contributed by atoms with E-state index in [1.165, 1.54) is 0 Å². The fourth-order valence-corrected chi connectivity index (χ4v) is 7.12. The monoisotopic (exact) mass is 536 g/mol. The third kappa shape index (κ3) is 4.03. The van der Waals surface area contributed by atoms with Gasteiger partial charge in [-0.3, -0.25) is 19.3 Å². The molecule has 0 aromatic heterocycles. The summed E-state index contributed by atoms with van der Waals surface area (Å²) in [4.78, 5) is 55.3. The van der Waals surface area contributed by atoms with Gasteiger partial charge in [0, 0.05) is 17.5 Å². The van der Waals surface area contributed by atoms with Gasteiger partial charge in [0.1, 0.15) is 6.04 Å². The molecular formula is C33H32N2O5. The standard InChI is InChI=1S/C33H32N2O5/c1-17(2)30(33(39)40-16-25(36)34-20-14-18(3)13-19(4)15-20)35-31(37)28-26-21-9-5-6-10-22(21)27(29(28)32(35)38)24-12-8-7-11-23(24)26/h5-15,17,26-30H,16H2,1-4H3,(H,34,36)/t26?,27?,28-,29-,30-/m0/s1. The average Bonchev–Trinajstić information content (AvgIpc) is 3.17. The van der Waals surface area contributed by atoms with E-state index >= 15 is 0 Å². The minimum absolute atomic E-state index is 0.253. The smallest absolute Gasteiger partial charge is 0.330 e. The SMILES string of the molecule is Cc1cc(C)cc(NC(=O)COC(=O)[C@H](C(C)C)N2C(=O)[C@H]3C4c5ccccc5C(c5ccccc54)[C@@H]3C2=O)c1. The molecule has 3 atom stereocenters. The molecule has 4 aliphatic rings. The van der Waals surface area contributed by atoms with E-state index < -0.39 is 42.3 Å². The minimum Gasteiger partial charge on any atom is -0.454 e. The van der Waals surface area contributed by atoms with Crippen LogP contribution >= 0.6 is 0 Å². The predicted octanol–water partition coefficient (Wildman–Crippen LogP) is 4.70. The number of imide groups is 1. The van der Waals surface area contributed by atoms with Crippen molar-refractivity contribution in [3.8, 4) is 0 Å². The lowest BCUT2D eigenvalue weighted by Crippen LogP contribution is -2.49. The van der Waals surface area contributed by atoms with Gasteiger partial charge in [0.2, 0.25) is 11.8 Å². The third-order valence-electron chi connectivity index (χ3n) is 8.48. The van der Waals surface area contributed by atoms with Crippen LogP contribution in [0.25, 0.3) is 0 Å². The van der Waals surface area contributed by atoms with Crippen molar-refractivity contribution in [2.45, 2.75) is 45.6 Å². The van der Waals surface area contributed by atoms with Crippen LogP contribution in [-0.2, 0) is 23.9 Å². The number of nitrogens with one attached hydrogen (secondary N) is 1. The van der Waals surface area contributed by atoms with Gasteiger partial charge in [0.05, 0.1) is 11.8 Å². The number of carbonyl (C=O) groups excluding carboxylic acids is 4. The van der Waals surface area contributed by atoms with E-state index in [-0.39, 0.29) is 23.7 Å². The number of likely N-dealkylation sites (tertiary alicyclic amines) is 1. The molecule has 0 saturated carbocycles. The molecule has 40 heavy (non-hydrogen) atoms. The lowest BCUT2D eigenvalue weighted by molar-refractivity contribution is -0.162. The Morgan fingerprint density at radius 1 is 0.800 bits per heavy atom. The highest BCUT2D eigenvalue weighted by molar-refractivity contribution is 6.10. The summed E-state index contributed by atoms with van der Waals surface area (Å²) in [5, 5.41) is 2.75. The summed E-state index contributed by atoms with van der Waals surface area (Å²) < 4.78 is 5.42. The van der Waals surface area contributed by atoms with Crippen molar-refractivity contribution in [2.75, 3.05) is 11.9 Å². The molecule has 0 spiro atoms. The second-order valence-corrected chi connectivity index (χ2v) is 11.5. The van der Waals surface area contributed by atoms with E-state index in [2.05, 4.69) is 5.32 Å². The number of ether oxygens (including phenoxy) is 1. The number of rotatable bonds is 6. The molecule has 7 rings (SSSR count). The van der Waals surface area contributed by atoms with Crippen LogP contribution in [0.2, 0.25) is 0 Å². The van der Waals surface area contributed by atoms with Crippen molar-refractivity contribution in [3.63, 3.8) is 0 Å². The fourth-order valence-electron chi connectivity index (χ4n) is 7.12. The van der Waals surface area contributed by atoms with Crippen LogP contribution in [0.5, 0.6) is 0 Å². The van der Waals surface area contributed by atoms with E-state index in [4.69, 9.17) is 4.74 Å². The molecule has 0 radical (unpaired) electrons.